The Morgan fingerprint density at radius 3 is 2.32 bits per heavy atom. The van der Waals surface area contributed by atoms with E-state index in [1.165, 1.54) is 25.7 Å². The van der Waals surface area contributed by atoms with E-state index in [1.54, 1.807) is 0 Å². The quantitative estimate of drug-likeness (QED) is 0.210. The molecular weight excluding hydrogens is 312 g/mol. The van der Waals surface area contributed by atoms with E-state index in [-0.39, 0.29) is 18.9 Å². The molecule has 0 aliphatic heterocycles. The molecule has 25 heavy (non-hydrogen) atoms. The Balaban J connectivity index is 3.85. The highest BCUT2D eigenvalue weighted by molar-refractivity contribution is 5.66. The summed E-state index contributed by atoms with van der Waals surface area (Å²) in [6.45, 7) is 2.36. The van der Waals surface area contributed by atoms with Crippen LogP contribution in [0.5, 0.6) is 0 Å². The number of aliphatic hydroxyl groups excluding tert-OH is 1. The Morgan fingerprint density at radius 1 is 0.920 bits per heavy atom. The molecule has 3 nitrogen and oxygen atoms in total. The van der Waals surface area contributed by atoms with Crippen LogP contribution < -0.4 is 0 Å². The van der Waals surface area contributed by atoms with Gasteiger partial charge in [-0.25, -0.2) is 0 Å². The lowest BCUT2D eigenvalue weighted by Crippen LogP contribution is -2.02. The molecule has 0 spiro atoms. The average molecular weight is 349 g/mol. The number of hydrogen-bond acceptors (Lipinski definition) is 2. The number of rotatable bonds is 16. The number of unbranched alkanes of at least 4 members (excludes halogenated alkanes) is 3. The van der Waals surface area contributed by atoms with Crippen molar-refractivity contribution >= 4 is 5.97 Å². The lowest BCUT2D eigenvalue weighted by molar-refractivity contribution is -0.137. The number of allylic oxidation sites excluding steroid dienone is 8. The van der Waals surface area contributed by atoms with E-state index in [0.717, 1.165) is 19.3 Å². The zero-order valence-electron chi connectivity index (χ0n) is 15.8. The van der Waals surface area contributed by atoms with Crippen LogP contribution in [-0.4, -0.2) is 22.8 Å². The number of carboxylic acid groups (broad SMARTS) is 1. The summed E-state index contributed by atoms with van der Waals surface area (Å²) in [4.78, 5) is 10.5. The number of aliphatic hydroxyl groups is 1. The maximum Gasteiger partial charge on any atom is 0.303 e. The number of aliphatic carboxylic acids is 1. The van der Waals surface area contributed by atoms with Gasteiger partial charge in [-0.05, 0) is 50.9 Å². The maximum absolute atomic E-state index is 10.5. The average Bonchev–Trinajstić information content (AvgIpc) is 2.58. The van der Waals surface area contributed by atoms with Crippen molar-refractivity contribution in [2.45, 2.75) is 71.1 Å². The third-order valence-electron chi connectivity index (χ3n) is 3.95. The lowest BCUT2D eigenvalue weighted by atomic mass is 9.98. The fourth-order valence-corrected chi connectivity index (χ4v) is 2.47. The van der Waals surface area contributed by atoms with E-state index >= 15 is 0 Å². The van der Waals surface area contributed by atoms with Gasteiger partial charge in [0.05, 0.1) is 0 Å². The Hall–Kier alpha value is -1.61. The highest BCUT2D eigenvalue weighted by Crippen LogP contribution is 2.14. The van der Waals surface area contributed by atoms with Gasteiger partial charge in [-0.3, -0.25) is 4.79 Å². The van der Waals surface area contributed by atoms with Gasteiger partial charge in [-0.1, -0.05) is 68.4 Å². The predicted molar refractivity (Wildman–Crippen MR) is 107 cm³/mol. The molecule has 0 fully saturated rings. The van der Waals surface area contributed by atoms with Crippen molar-refractivity contribution in [2.75, 3.05) is 6.61 Å². The second-order valence-corrected chi connectivity index (χ2v) is 6.28. The van der Waals surface area contributed by atoms with Crippen LogP contribution in [-0.2, 0) is 4.79 Å². The summed E-state index contributed by atoms with van der Waals surface area (Å²) in [6, 6.07) is 0. The molecule has 2 N–H and O–H groups in total. The Kier molecular flexibility index (Phi) is 17.5. The van der Waals surface area contributed by atoms with Crippen LogP contribution in [0.2, 0.25) is 0 Å². The molecule has 0 aromatic carbocycles. The Bertz CT molecular complexity index is 419. The summed E-state index contributed by atoms with van der Waals surface area (Å²) in [5.74, 6) is -0.503. The SMILES string of the molecule is CCCCC/C=C\C/C=C\C/C=C\C=C\C(CCO)CCCC(=O)O. The molecular formula is C22H36O3. The first kappa shape index (κ1) is 23.4. The zero-order chi connectivity index (χ0) is 18.6. The molecule has 0 amide bonds. The molecule has 0 bridgehead atoms. The second kappa shape index (κ2) is 18.7. The topological polar surface area (TPSA) is 57.5 Å². The van der Waals surface area contributed by atoms with Crippen LogP contribution in [0.4, 0.5) is 0 Å². The van der Waals surface area contributed by atoms with Crippen molar-refractivity contribution < 1.29 is 15.0 Å². The third-order valence-corrected chi connectivity index (χ3v) is 3.95. The molecule has 0 rings (SSSR count). The molecule has 0 aromatic rings. The van der Waals surface area contributed by atoms with Crippen molar-refractivity contribution in [1.29, 1.82) is 0 Å². The van der Waals surface area contributed by atoms with Gasteiger partial charge in [-0.2, -0.15) is 0 Å². The van der Waals surface area contributed by atoms with Crippen molar-refractivity contribution in [3.8, 4) is 0 Å². The molecule has 0 aliphatic rings. The third kappa shape index (κ3) is 18.6. The first-order valence-electron chi connectivity index (χ1n) is 9.66. The number of hydrogen-bond donors (Lipinski definition) is 2. The normalized spacial score (nSPS) is 13.7. The van der Waals surface area contributed by atoms with Crippen LogP contribution in [0.15, 0.2) is 48.6 Å². The van der Waals surface area contributed by atoms with Crippen molar-refractivity contribution in [3.63, 3.8) is 0 Å². The van der Waals surface area contributed by atoms with Gasteiger partial charge in [0, 0.05) is 13.0 Å². The molecule has 0 radical (unpaired) electrons. The number of carbonyl (C=O) groups is 1. The van der Waals surface area contributed by atoms with Crippen molar-refractivity contribution in [2.24, 2.45) is 5.92 Å². The van der Waals surface area contributed by atoms with E-state index in [2.05, 4.69) is 43.4 Å². The monoisotopic (exact) mass is 348 g/mol. The standard InChI is InChI=1S/C22H36O3/c1-2-3-4-5-6-7-8-9-10-11-12-13-14-16-21(19-20-23)17-15-18-22(24)25/h6-7,9-10,12-14,16,21,23H,2-5,8,11,15,17-20H2,1H3,(H,24,25)/b7-6-,10-9-,13-12-,16-14+. The Morgan fingerprint density at radius 2 is 1.64 bits per heavy atom. The van der Waals surface area contributed by atoms with Crippen LogP contribution in [0, 0.1) is 5.92 Å². The van der Waals surface area contributed by atoms with Gasteiger partial charge in [0.1, 0.15) is 0 Å². The summed E-state index contributed by atoms with van der Waals surface area (Å²) in [5, 5.41) is 17.7. The fourth-order valence-electron chi connectivity index (χ4n) is 2.47. The van der Waals surface area contributed by atoms with Crippen molar-refractivity contribution in [1.82, 2.24) is 0 Å². The fraction of sp³-hybridized carbons (Fsp3) is 0.591. The van der Waals surface area contributed by atoms with Crippen LogP contribution in [0.3, 0.4) is 0 Å². The second-order valence-electron chi connectivity index (χ2n) is 6.28. The molecule has 0 aliphatic carbocycles. The summed E-state index contributed by atoms with van der Waals surface area (Å²) in [5.41, 5.74) is 0. The van der Waals surface area contributed by atoms with E-state index in [9.17, 15) is 4.79 Å². The summed E-state index contributed by atoms with van der Waals surface area (Å²) >= 11 is 0. The highest BCUT2D eigenvalue weighted by atomic mass is 16.4. The molecule has 0 saturated carbocycles. The minimum atomic E-state index is -0.755. The van der Waals surface area contributed by atoms with Gasteiger partial charge in [-0.15, -0.1) is 0 Å². The summed E-state index contributed by atoms with van der Waals surface area (Å²) in [7, 11) is 0. The number of carboxylic acids is 1. The largest absolute Gasteiger partial charge is 0.481 e. The molecule has 1 atom stereocenters. The summed E-state index contributed by atoms with van der Waals surface area (Å²) in [6.07, 6.45) is 26.4. The zero-order valence-corrected chi connectivity index (χ0v) is 15.8. The van der Waals surface area contributed by atoms with Gasteiger partial charge in [0.2, 0.25) is 0 Å². The molecule has 0 saturated heterocycles. The van der Waals surface area contributed by atoms with E-state index in [0.29, 0.717) is 12.8 Å². The van der Waals surface area contributed by atoms with Crippen LogP contribution in [0.1, 0.15) is 71.1 Å². The Labute approximate surface area is 153 Å². The minimum Gasteiger partial charge on any atom is -0.481 e. The van der Waals surface area contributed by atoms with Crippen molar-refractivity contribution in [3.05, 3.63) is 48.6 Å². The van der Waals surface area contributed by atoms with Crippen LogP contribution >= 0.6 is 0 Å². The van der Waals surface area contributed by atoms with Gasteiger partial charge in [0.15, 0.2) is 0 Å². The van der Waals surface area contributed by atoms with Gasteiger partial charge >= 0.3 is 5.97 Å². The first-order valence-corrected chi connectivity index (χ1v) is 9.66. The molecule has 0 heterocycles. The lowest BCUT2D eigenvalue weighted by Gasteiger charge is -2.09. The summed E-state index contributed by atoms with van der Waals surface area (Å²) < 4.78 is 0. The molecule has 142 valence electrons. The molecule has 3 heteroatoms. The van der Waals surface area contributed by atoms with Gasteiger partial charge < -0.3 is 10.2 Å². The van der Waals surface area contributed by atoms with E-state index in [1.807, 2.05) is 12.2 Å². The predicted octanol–water partition coefficient (Wildman–Crippen LogP) is 5.83. The van der Waals surface area contributed by atoms with E-state index < -0.39 is 5.97 Å². The molecule has 0 aromatic heterocycles. The first-order chi connectivity index (χ1) is 12.2. The minimum absolute atomic E-state index is 0.139. The smallest absolute Gasteiger partial charge is 0.303 e. The molecule has 1 unspecified atom stereocenters. The van der Waals surface area contributed by atoms with Gasteiger partial charge in [0.25, 0.3) is 0 Å². The maximum atomic E-state index is 10.5. The van der Waals surface area contributed by atoms with E-state index in [4.69, 9.17) is 10.2 Å². The van der Waals surface area contributed by atoms with Crippen LogP contribution in [0.25, 0.3) is 0 Å². The highest BCUT2D eigenvalue weighted by Gasteiger charge is 2.05.